The molecule has 7 heteroatoms. The van der Waals surface area contributed by atoms with Crippen LogP contribution in [0.3, 0.4) is 0 Å². The van der Waals surface area contributed by atoms with Crippen LogP contribution in [0.1, 0.15) is 11.7 Å². The Morgan fingerprint density at radius 2 is 1.82 bits per heavy atom. The summed E-state index contributed by atoms with van der Waals surface area (Å²) in [6.07, 6.45) is -7.22. The van der Waals surface area contributed by atoms with E-state index in [1.807, 2.05) is 0 Å². The van der Waals surface area contributed by atoms with Gasteiger partial charge in [-0.2, -0.15) is 13.2 Å². The smallest absolute Gasteiger partial charge is 0.379 e. The van der Waals surface area contributed by atoms with E-state index in [0.29, 0.717) is 5.69 Å². The molecule has 3 N–H and O–H groups in total. The number of aliphatic hydroxyl groups is 1. The molecule has 0 aliphatic rings. The molecule has 0 aliphatic heterocycles. The van der Waals surface area contributed by atoms with Gasteiger partial charge in [0.25, 0.3) is 0 Å². The van der Waals surface area contributed by atoms with Crippen molar-refractivity contribution in [2.24, 2.45) is 0 Å². The summed E-state index contributed by atoms with van der Waals surface area (Å²) in [4.78, 5) is 10.9. The summed E-state index contributed by atoms with van der Waals surface area (Å²) in [6, 6.07) is 4.28. The molecule has 4 nitrogen and oxygen atoms in total. The van der Waals surface area contributed by atoms with E-state index in [1.165, 1.54) is 19.2 Å². The third-order valence-electron chi connectivity index (χ3n) is 2.02. The molecule has 1 aromatic carbocycles. The maximum Gasteiger partial charge on any atom is 0.418 e. The first-order chi connectivity index (χ1) is 7.84. The lowest BCUT2D eigenvalue weighted by atomic mass is 10.1. The number of urea groups is 1. The summed E-state index contributed by atoms with van der Waals surface area (Å²) < 4.78 is 36.5. The number of aliphatic hydroxyl groups excluding tert-OH is 1. The van der Waals surface area contributed by atoms with Crippen LogP contribution in [0.2, 0.25) is 0 Å². The average Bonchev–Trinajstić information content (AvgIpc) is 2.27. The number of halogens is 3. The third-order valence-corrected chi connectivity index (χ3v) is 2.02. The second-order valence-corrected chi connectivity index (χ2v) is 3.27. The van der Waals surface area contributed by atoms with Crippen LogP contribution < -0.4 is 10.6 Å². The Balaban J connectivity index is 2.78. The van der Waals surface area contributed by atoms with Crippen LogP contribution in [0, 0.1) is 0 Å². The van der Waals surface area contributed by atoms with Crippen molar-refractivity contribution >= 4 is 11.7 Å². The molecule has 1 rings (SSSR count). The van der Waals surface area contributed by atoms with Crippen LogP contribution in [0.15, 0.2) is 24.3 Å². The fraction of sp³-hybridized carbons (Fsp3) is 0.300. The highest BCUT2D eigenvalue weighted by molar-refractivity contribution is 5.88. The van der Waals surface area contributed by atoms with Gasteiger partial charge in [-0.25, -0.2) is 4.79 Å². The normalized spacial score (nSPS) is 13.0. The number of alkyl halides is 3. The lowest BCUT2D eigenvalue weighted by Gasteiger charge is -2.15. The lowest BCUT2D eigenvalue weighted by molar-refractivity contribution is -0.206. The van der Waals surface area contributed by atoms with E-state index in [2.05, 4.69) is 10.6 Å². The largest absolute Gasteiger partial charge is 0.418 e. The molecule has 94 valence electrons. The van der Waals surface area contributed by atoms with Crippen LogP contribution >= 0.6 is 0 Å². The van der Waals surface area contributed by atoms with Gasteiger partial charge in [0.1, 0.15) is 0 Å². The number of anilines is 1. The van der Waals surface area contributed by atoms with Crippen molar-refractivity contribution in [2.45, 2.75) is 12.3 Å². The Hall–Kier alpha value is -1.76. The van der Waals surface area contributed by atoms with Crippen molar-refractivity contribution in [3.05, 3.63) is 29.8 Å². The summed E-state index contributed by atoms with van der Waals surface area (Å²) in [5, 5.41) is 13.6. The van der Waals surface area contributed by atoms with Gasteiger partial charge in [0, 0.05) is 12.7 Å². The molecule has 1 unspecified atom stereocenters. The van der Waals surface area contributed by atoms with Gasteiger partial charge in [-0.3, -0.25) is 0 Å². The van der Waals surface area contributed by atoms with Crippen molar-refractivity contribution < 1.29 is 23.1 Å². The van der Waals surface area contributed by atoms with Gasteiger partial charge < -0.3 is 15.7 Å². The average molecular weight is 248 g/mol. The standard InChI is InChI=1S/C10H11F3N2O2/c1-14-9(17)15-7-4-2-6(3-5-7)8(16)10(11,12)13/h2-5,8,16H,1H3,(H2,14,15,17). The van der Waals surface area contributed by atoms with Crippen LogP contribution in [0.25, 0.3) is 0 Å². The monoisotopic (exact) mass is 248 g/mol. The van der Waals surface area contributed by atoms with Crippen LogP contribution in [-0.4, -0.2) is 24.4 Å². The Morgan fingerprint density at radius 1 is 1.29 bits per heavy atom. The maximum absolute atomic E-state index is 12.2. The highest BCUT2D eigenvalue weighted by Crippen LogP contribution is 2.32. The van der Waals surface area contributed by atoms with Gasteiger partial charge in [0.15, 0.2) is 6.10 Å². The third kappa shape index (κ3) is 3.63. The van der Waals surface area contributed by atoms with E-state index < -0.39 is 18.3 Å². The molecule has 0 saturated carbocycles. The zero-order valence-corrected chi connectivity index (χ0v) is 8.88. The maximum atomic E-state index is 12.2. The predicted molar refractivity (Wildman–Crippen MR) is 55.5 cm³/mol. The molecular weight excluding hydrogens is 237 g/mol. The van der Waals surface area contributed by atoms with Crippen LogP contribution in [0.4, 0.5) is 23.7 Å². The number of nitrogens with one attached hydrogen (secondary N) is 2. The van der Waals surface area contributed by atoms with Gasteiger partial charge in [-0.1, -0.05) is 12.1 Å². The van der Waals surface area contributed by atoms with Crippen LogP contribution in [-0.2, 0) is 0 Å². The van der Waals surface area contributed by atoms with E-state index in [1.54, 1.807) is 0 Å². The predicted octanol–water partition coefficient (Wildman–Crippen LogP) is 2.03. The molecule has 0 aliphatic carbocycles. The summed E-state index contributed by atoms with van der Waals surface area (Å²) in [7, 11) is 1.41. The second kappa shape index (κ2) is 5.05. The van der Waals surface area contributed by atoms with Gasteiger partial charge in [-0.05, 0) is 17.7 Å². The topological polar surface area (TPSA) is 61.4 Å². The van der Waals surface area contributed by atoms with Crippen LogP contribution in [0.5, 0.6) is 0 Å². The Kier molecular flexibility index (Phi) is 3.95. The fourth-order valence-corrected chi connectivity index (χ4v) is 1.13. The summed E-state index contributed by atoms with van der Waals surface area (Å²) in [5.74, 6) is 0. The van der Waals surface area contributed by atoms with Gasteiger partial charge >= 0.3 is 12.2 Å². The molecule has 0 saturated heterocycles. The second-order valence-electron chi connectivity index (χ2n) is 3.27. The number of hydrogen-bond donors (Lipinski definition) is 3. The molecule has 1 atom stereocenters. The van der Waals surface area contributed by atoms with Gasteiger partial charge in [0.2, 0.25) is 0 Å². The Labute approximate surface area is 95.4 Å². The van der Waals surface area contributed by atoms with E-state index in [4.69, 9.17) is 5.11 Å². The zero-order valence-electron chi connectivity index (χ0n) is 8.88. The van der Waals surface area contributed by atoms with E-state index in [0.717, 1.165) is 12.1 Å². The number of hydrogen-bond acceptors (Lipinski definition) is 2. The van der Waals surface area contributed by atoms with E-state index in [-0.39, 0.29) is 5.56 Å². The number of carbonyl (C=O) groups excluding carboxylic acids is 1. The van der Waals surface area contributed by atoms with E-state index >= 15 is 0 Å². The summed E-state index contributed by atoms with van der Waals surface area (Å²) in [5.41, 5.74) is 0.0578. The molecule has 1 aromatic rings. The molecule has 17 heavy (non-hydrogen) atoms. The van der Waals surface area contributed by atoms with Crippen molar-refractivity contribution in [2.75, 3.05) is 12.4 Å². The number of benzene rings is 1. The first kappa shape index (κ1) is 13.3. The Bertz CT molecular complexity index is 390. The SMILES string of the molecule is CNC(=O)Nc1ccc(C(O)C(F)(F)F)cc1. The molecule has 0 fully saturated rings. The molecule has 0 bridgehead atoms. The van der Waals surface area contributed by atoms with Crippen molar-refractivity contribution in [1.29, 1.82) is 0 Å². The first-order valence-corrected chi connectivity index (χ1v) is 4.68. The molecule has 0 heterocycles. The molecule has 2 amide bonds. The number of amides is 2. The fourth-order valence-electron chi connectivity index (χ4n) is 1.13. The highest BCUT2D eigenvalue weighted by Gasteiger charge is 2.39. The summed E-state index contributed by atoms with van der Waals surface area (Å²) >= 11 is 0. The minimum atomic E-state index is -4.70. The molecule has 0 aromatic heterocycles. The number of rotatable bonds is 2. The Morgan fingerprint density at radius 3 is 2.24 bits per heavy atom. The summed E-state index contributed by atoms with van der Waals surface area (Å²) in [6.45, 7) is 0. The van der Waals surface area contributed by atoms with Crippen molar-refractivity contribution in [3.63, 3.8) is 0 Å². The molecule has 0 spiro atoms. The van der Waals surface area contributed by atoms with Gasteiger partial charge in [0.05, 0.1) is 0 Å². The first-order valence-electron chi connectivity index (χ1n) is 4.68. The van der Waals surface area contributed by atoms with Gasteiger partial charge in [-0.15, -0.1) is 0 Å². The zero-order chi connectivity index (χ0) is 13.1. The minimum Gasteiger partial charge on any atom is -0.379 e. The molecular formula is C10H11F3N2O2. The van der Waals surface area contributed by atoms with Crippen molar-refractivity contribution in [3.8, 4) is 0 Å². The molecule has 0 radical (unpaired) electrons. The quantitative estimate of drug-likeness (QED) is 0.750. The number of carbonyl (C=O) groups is 1. The van der Waals surface area contributed by atoms with E-state index in [9.17, 15) is 18.0 Å². The highest BCUT2D eigenvalue weighted by atomic mass is 19.4. The minimum absolute atomic E-state index is 0.278. The van der Waals surface area contributed by atoms with Crippen molar-refractivity contribution in [1.82, 2.24) is 5.32 Å². The lowest BCUT2D eigenvalue weighted by Crippen LogP contribution is -2.24.